The van der Waals surface area contributed by atoms with Crippen molar-refractivity contribution in [3.8, 4) is 0 Å². The Labute approximate surface area is 222 Å². The van der Waals surface area contributed by atoms with Crippen LogP contribution in [0.25, 0.3) is 10.8 Å². The molecule has 0 unspecified atom stereocenters. The SMILES string of the molecule is CCNC(=O)[C@@H](NC(=O)[C@H](Cc1ccc2ccccc2c1)[C@H](OCCn1ccnc1)C(=O)NO)C(C)(C)C. The van der Waals surface area contributed by atoms with Gasteiger partial charge in [0.05, 0.1) is 18.9 Å². The van der Waals surface area contributed by atoms with E-state index in [9.17, 15) is 19.6 Å². The molecule has 10 nitrogen and oxygen atoms in total. The lowest BCUT2D eigenvalue weighted by molar-refractivity contribution is -0.151. The molecule has 0 saturated heterocycles. The highest BCUT2D eigenvalue weighted by Crippen LogP contribution is 2.24. The van der Waals surface area contributed by atoms with Crippen molar-refractivity contribution in [1.29, 1.82) is 0 Å². The molecule has 38 heavy (non-hydrogen) atoms. The molecule has 3 atom stereocenters. The Kier molecular flexibility index (Phi) is 9.98. The van der Waals surface area contributed by atoms with Gasteiger partial charge in [0.15, 0.2) is 0 Å². The number of amides is 3. The van der Waals surface area contributed by atoms with Crippen LogP contribution in [0.1, 0.15) is 33.3 Å². The standard InChI is InChI=1S/C28H37N5O5/c1-5-30-27(36)24(28(2,3)4)31-25(34)22(17-19-10-11-20-8-6-7-9-21(20)16-19)23(26(35)32-37)38-15-14-33-13-12-29-18-33/h6-13,16,18,22-24,37H,5,14-15,17H2,1-4H3,(H,30,36)(H,31,34)(H,32,35)/t22-,23+,24-/m1/s1. The number of likely N-dealkylation sites (N-methyl/N-ethyl adjacent to an activating group) is 1. The molecule has 0 aliphatic carbocycles. The molecule has 0 radical (unpaired) electrons. The van der Waals surface area contributed by atoms with Crippen molar-refractivity contribution in [2.45, 2.75) is 52.8 Å². The molecule has 0 fully saturated rings. The summed E-state index contributed by atoms with van der Waals surface area (Å²) in [6.45, 7) is 8.26. The maximum Gasteiger partial charge on any atom is 0.273 e. The number of rotatable bonds is 12. The van der Waals surface area contributed by atoms with Gasteiger partial charge in [-0.15, -0.1) is 0 Å². The van der Waals surface area contributed by atoms with Crippen molar-refractivity contribution >= 4 is 28.5 Å². The normalized spacial score (nSPS) is 13.9. The van der Waals surface area contributed by atoms with E-state index in [1.807, 2.05) is 63.2 Å². The number of hydrogen-bond donors (Lipinski definition) is 4. The summed E-state index contributed by atoms with van der Waals surface area (Å²) in [7, 11) is 0. The molecule has 2 aromatic carbocycles. The highest BCUT2D eigenvalue weighted by atomic mass is 16.5. The second-order valence-electron chi connectivity index (χ2n) is 10.3. The number of hydroxylamine groups is 1. The van der Waals surface area contributed by atoms with Gasteiger partial charge in [-0.3, -0.25) is 19.6 Å². The van der Waals surface area contributed by atoms with Crippen LogP contribution in [-0.2, 0) is 32.1 Å². The van der Waals surface area contributed by atoms with Crippen LogP contribution in [0.15, 0.2) is 61.2 Å². The number of carbonyl (C=O) groups is 3. The average molecular weight is 524 g/mol. The third-order valence-corrected chi connectivity index (χ3v) is 6.31. The fraction of sp³-hybridized carbons (Fsp3) is 0.429. The molecule has 10 heteroatoms. The minimum atomic E-state index is -1.31. The van der Waals surface area contributed by atoms with E-state index in [-0.39, 0.29) is 18.9 Å². The zero-order valence-corrected chi connectivity index (χ0v) is 22.3. The Morgan fingerprint density at radius 2 is 1.79 bits per heavy atom. The van der Waals surface area contributed by atoms with E-state index in [1.165, 1.54) is 0 Å². The smallest absolute Gasteiger partial charge is 0.273 e. The van der Waals surface area contributed by atoms with E-state index < -0.39 is 35.3 Å². The third kappa shape index (κ3) is 7.62. The van der Waals surface area contributed by atoms with E-state index in [1.54, 1.807) is 35.7 Å². The Morgan fingerprint density at radius 3 is 2.42 bits per heavy atom. The first kappa shape index (κ1) is 28.8. The van der Waals surface area contributed by atoms with Gasteiger partial charge in [-0.05, 0) is 35.1 Å². The second kappa shape index (κ2) is 13.2. The number of nitrogens with one attached hydrogen (secondary N) is 3. The molecule has 3 rings (SSSR count). The molecule has 1 heterocycles. The van der Waals surface area contributed by atoms with Crippen LogP contribution in [0, 0.1) is 11.3 Å². The van der Waals surface area contributed by atoms with Crippen LogP contribution in [0.3, 0.4) is 0 Å². The minimum Gasteiger partial charge on any atom is -0.366 e. The van der Waals surface area contributed by atoms with Crippen LogP contribution < -0.4 is 16.1 Å². The van der Waals surface area contributed by atoms with Gasteiger partial charge in [-0.1, -0.05) is 63.2 Å². The van der Waals surface area contributed by atoms with Gasteiger partial charge in [-0.2, -0.15) is 0 Å². The van der Waals surface area contributed by atoms with Gasteiger partial charge in [0, 0.05) is 25.5 Å². The van der Waals surface area contributed by atoms with Gasteiger partial charge in [0.2, 0.25) is 11.8 Å². The Bertz CT molecular complexity index is 1220. The van der Waals surface area contributed by atoms with E-state index in [2.05, 4.69) is 15.6 Å². The predicted octanol–water partition coefficient (Wildman–Crippen LogP) is 2.45. The Balaban J connectivity index is 1.93. The zero-order valence-electron chi connectivity index (χ0n) is 22.3. The average Bonchev–Trinajstić information content (AvgIpc) is 3.41. The summed E-state index contributed by atoms with van der Waals surface area (Å²) in [6.07, 6.45) is 3.83. The maximum atomic E-state index is 13.8. The van der Waals surface area contributed by atoms with E-state index in [4.69, 9.17) is 4.74 Å². The van der Waals surface area contributed by atoms with Crippen LogP contribution in [-0.4, -0.2) is 57.8 Å². The van der Waals surface area contributed by atoms with Gasteiger partial charge in [-0.25, -0.2) is 10.5 Å². The van der Waals surface area contributed by atoms with Gasteiger partial charge >= 0.3 is 0 Å². The van der Waals surface area contributed by atoms with Gasteiger partial charge in [0.25, 0.3) is 5.91 Å². The molecule has 4 N–H and O–H groups in total. The van der Waals surface area contributed by atoms with Crippen LogP contribution in [0.2, 0.25) is 0 Å². The van der Waals surface area contributed by atoms with Crippen molar-refractivity contribution in [1.82, 2.24) is 25.7 Å². The van der Waals surface area contributed by atoms with E-state index >= 15 is 0 Å². The number of hydrogen-bond acceptors (Lipinski definition) is 6. The predicted molar refractivity (Wildman–Crippen MR) is 143 cm³/mol. The Hall–Kier alpha value is -3.76. The van der Waals surface area contributed by atoms with Crippen LogP contribution >= 0.6 is 0 Å². The molecule has 0 aliphatic rings. The lowest BCUT2D eigenvalue weighted by Gasteiger charge is -2.33. The Morgan fingerprint density at radius 1 is 1.05 bits per heavy atom. The van der Waals surface area contributed by atoms with Crippen LogP contribution in [0.5, 0.6) is 0 Å². The zero-order chi connectivity index (χ0) is 27.7. The molecular formula is C28H37N5O5. The summed E-state index contributed by atoms with van der Waals surface area (Å²) in [5.74, 6) is -2.73. The number of aromatic nitrogens is 2. The molecule has 3 aromatic rings. The highest BCUT2D eigenvalue weighted by molar-refractivity contribution is 5.93. The van der Waals surface area contributed by atoms with Crippen molar-refractivity contribution in [3.05, 3.63) is 66.7 Å². The number of nitrogens with zero attached hydrogens (tertiary/aromatic N) is 2. The van der Waals surface area contributed by atoms with Gasteiger partial charge in [0.1, 0.15) is 12.1 Å². The van der Waals surface area contributed by atoms with Crippen molar-refractivity contribution in [2.24, 2.45) is 11.3 Å². The number of benzene rings is 2. The first-order valence-electron chi connectivity index (χ1n) is 12.7. The summed E-state index contributed by atoms with van der Waals surface area (Å²) in [5.41, 5.74) is 1.85. The summed E-state index contributed by atoms with van der Waals surface area (Å²) in [5, 5.41) is 17.2. The van der Waals surface area contributed by atoms with Gasteiger partial charge < -0.3 is 19.9 Å². The minimum absolute atomic E-state index is 0.0922. The molecule has 0 saturated carbocycles. The summed E-state index contributed by atoms with van der Waals surface area (Å²) in [4.78, 5) is 43.4. The van der Waals surface area contributed by atoms with Crippen molar-refractivity contribution < 1.29 is 24.3 Å². The number of fused-ring (bicyclic) bond motifs is 1. The fourth-order valence-electron chi connectivity index (χ4n) is 4.30. The van der Waals surface area contributed by atoms with E-state index in [0.29, 0.717) is 13.1 Å². The van der Waals surface area contributed by atoms with Crippen LogP contribution in [0.4, 0.5) is 0 Å². The monoisotopic (exact) mass is 523 g/mol. The van der Waals surface area contributed by atoms with E-state index in [0.717, 1.165) is 16.3 Å². The number of imidazole rings is 1. The number of ether oxygens (including phenoxy) is 1. The summed E-state index contributed by atoms with van der Waals surface area (Å²) < 4.78 is 7.68. The quantitative estimate of drug-likeness (QED) is 0.213. The molecule has 204 valence electrons. The first-order chi connectivity index (χ1) is 18.1. The summed E-state index contributed by atoms with van der Waals surface area (Å²) >= 11 is 0. The molecule has 0 aliphatic heterocycles. The molecule has 0 bridgehead atoms. The maximum absolute atomic E-state index is 13.8. The fourth-order valence-corrected chi connectivity index (χ4v) is 4.30. The third-order valence-electron chi connectivity index (χ3n) is 6.31. The lowest BCUT2D eigenvalue weighted by Crippen LogP contribution is -2.57. The second-order valence-corrected chi connectivity index (χ2v) is 10.3. The largest absolute Gasteiger partial charge is 0.366 e. The molecular weight excluding hydrogens is 486 g/mol. The summed E-state index contributed by atoms with van der Waals surface area (Å²) in [6, 6.07) is 12.8. The molecule has 3 amide bonds. The highest BCUT2D eigenvalue weighted by Gasteiger charge is 2.39. The van der Waals surface area contributed by atoms with Crippen molar-refractivity contribution in [2.75, 3.05) is 13.2 Å². The van der Waals surface area contributed by atoms with Crippen molar-refractivity contribution in [3.63, 3.8) is 0 Å². The number of carbonyl (C=O) groups excluding carboxylic acids is 3. The lowest BCUT2D eigenvalue weighted by atomic mass is 9.84. The first-order valence-corrected chi connectivity index (χ1v) is 12.7. The topological polar surface area (TPSA) is 135 Å². The molecule has 0 spiro atoms. The molecule has 1 aromatic heterocycles.